The van der Waals surface area contributed by atoms with Crippen LogP contribution in [0, 0.1) is 5.82 Å². The minimum absolute atomic E-state index is 0.277. The predicted octanol–water partition coefficient (Wildman–Crippen LogP) is 6.04. The number of ether oxygens (including phenoxy) is 2. The smallest absolute Gasteiger partial charge is 0.312 e. The van der Waals surface area contributed by atoms with Crippen LogP contribution in [0.5, 0.6) is 5.75 Å². The van der Waals surface area contributed by atoms with Gasteiger partial charge in [0.2, 0.25) is 0 Å². The molecule has 4 nitrogen and oxygen atoms in total. The number of rotatable bonds is 10. The van der Waals surface area contributed by atoms with Crippen molar-refractivity contribution in [2.45, 2.75) is 58.3 Å². The maximum absolute atomic E-state index is 14.7. The molecule has 156 valence electrons. The van der Waals surface area contributed by atoms with Gasteiger partial charge in [0.15, 0.2) is 0 Å². The lowest BCUT2D eigenvalue weighted by Gasteiger charge is -2.12. The first-order chi connectivity index (χ1) is 14.0. The van der Waals surface area contributed by atoms with Crippen molar-refractivity contribution in [3.8, 4) is 16.9 Å². The Labute approximate surface area is 172 Å². The number of methoxy groups -OCH3 is 1. The topological polar surface area (TPSA) is 52.6 Å². The van der Waals surface area contributed by atoms with Crippen molar-refractivity contribution in [3.63, 3.8) is 0 Å². The van der Waals surface area contributed by atoms with Gasteiger partial charge in [0.05, 0.1) is 13.0 Å². The Morgan fingerprint density at radius 2 is 1.79 bits per heavy atom. The Balaban J connectivity index is 2.05. The molecule has 0 aliphatic rings. The molecule has 2 aromatic carbocycles. The van der Waals surface area contributed by atoms with Crippen LogP contribution >= 0.6 is 0 Å². The predicted molar refractivity (Wildman–Crippen MR) is 111 cm³/mol. The second-order valence-electron chi connectivity index (χ2n) is 7.15. The highest BCUT2D eigenvalue weighted by molar-refractivity contribution is 5.78. The second kappa shape index (κ2) is 11.3. The third kappa shape index (κ3) is 6.70. The molecule has 0 aliphatic heterocycles. The van der Waals surface area contributed by atoms with Crippen LogP contribution in [-0.2, 0) is 14.3 Å². The molecule has 0 fully saturated rings. The summed E-state index contributed by atoms with van der Waals surface area (Å²) in [6, 6.07) is 11.5. The van der Waals surface area contributed by atoms with E-state index in [1.165, 1.54) is 19.6 Å². The van der Waals surface area contributed by atoms with Gasteiger partial charge in [0, 0.05) is 12.0 Å². The Morgan fingerprint density at radius 1 is 1.03 bits per heavy atom. The van der Waals surface area contributed by atoms with E-state index in [0.717, 1.165) is 25.7 Å². The lowest BCUT2D eigenvalue weighted by atomic mass is 9.97. The fraction of sp³-hybridized carbons (Fsp3) is 0.417. The molecule has 0 aromatic heterocycles. The molecule has 0 aliphatic carbocycles. The number of unbranched alkanes of at least 4 members (excludes halogenated alkanes) is 4. The zero-order valence-corrected chi connectivity index (χ0v) is 17.4. The lowest BCUT2D eigenvalue weighted by Crippen LogP contribution is -2.11. The van der Waals surface area contributed by atoms with Gasteiger partial charge in [-0.25, -0.2) is 4.39 Å². The number of esters is 2. The molecule has 1 unspecified atom stereocenters. The first kappa shape index (κ1) is 22.6. The van der Waals surface area contributed by atoms with Gasteiger partial charge in [-0.3, -0.25) is 9.59 Å². The molecule has 0 N–H and O–H groups in total. The summed E-state index contributed by atoms with van der Waals surface area (Å²) in [6.07, 6.45) is 5.68. The highest BCUT2D eigenvalue weighted by Crippen LogP contribution is 2.29. The van der Waals surface area contributed by atoms with Gasteiger partial charge < -0.3 is 9.47 Å². The third-order valence-electron chi connectivity index (χ3n) is 4.91. The molecule has 5 heteroatoms. The Kier molecular flexibility index (Phi) is 8.84. The molecule has 0 radical (unpaired) electrons. The van der Waals surface area contributed by atoms with Crippen LogP contribution in [0.1, 0.15) is 63.9 Å². The van der Waals surface area contributed by atoms with Crippen molar-refractivity contribution in [1.82, 2.24) is 0 Å². The summed E-state index contributed by atoms with van der Waals surface area (Å²) in [6.45, 7) is 3.82. The van der Waals surface area contributed by atoms with Gasteiger partial charge >= 0.3 is 11.9 Å². The van der Waals surface area contributed by atoms with E-state index in [2.05, 4.69) is 6.92 Å². The van der Waals surface area contributed by atoms with E-state index in [-0.39, 0.29) is 5.97 Å². The molecular formula is C24H29FO4. The molecule has 0 bridgehead atoms. The summed E-state index contributed by atoms with van der Waals surface area (Å²) in [5, 5.41) is 0. The summed E-state index contributed by atoms with van der Waals surface area (Å²) in [7, 11) is 1.31. The van der Waals surface area contributed by atoms with Crippen LogP contribution in [0.25, 0.3) is 11.1 Å². The number of halogens is 1. The quantitative estimate of drug-likeness (QED) is 0.277. The summed E-state index contributed by atoms with van der Waals surface area (Å²) >= 11 is 0. The molecule has 0 spiro atoms. The Hall–Kier alpha value is -2.69. The fourth-order valence-electron chi connectivity index (χ4n) is 3.13. The van der Waals surface area contributed by atoms with E-state index in [1.54, 1.807) is 43.3 Å². The average Bonchev–Trinajstić information content (AvgIpc) is 2.72. The van der Waals surface area contributed by atoms with Gasteiger partial charge in [-0.2, -0.15) is 0 Å². The molecule has 29 heavy (non-hydrogen) atoms. The molecular weight excluding hydrogens is 371 g/mol. The first-order valence-electron chi connectivity index (χ1n) is 10.1. The van der Waals surface area contributed by atoms with Gasteiger partial charge in [-0.1, -0.05) is 56.9 Å². The number of carbonyl (C=O) groups excluding carboxylic acids is 2. The summed E-state index contributed by atoms with van der Waals surface area (Å²) in [4.78, 5) is 23.7. The second-order valence-corrected chi connectivity index (χ2v) is 7.15. The van der Waals surface area contributed by atoms with Crippen LogP contribution in [0.4, 0.5) is 4.39 Å². The fourth-order valence-corrected chi connectivity index (χ4v) is 3.13. The molecule has 2 aromatic rings. The van der Waals surface area contributed by atoms with Crippen LogP contribution in [0.2, 0.25) is 0 Å². The highest BCUT2D eigenvalue weighted by Gasteiger charge is 2.18. The van der Waals surface area contributed by atoms with Crippen molar-refractivity contribution in [1.29, 1.82) is 0 Å². The van der Waals surface area contributed by atoms with Gasteiger partial charge in [-0.15, -0.1) is 0 Å². The van der Waals surface area contributed by atoms with Crippen LogP contribution in [0.3, 0.4) is 0 Å². The van der Waals surface area contributed by atoms with E-state index in [0.29, 0.717) is 28.9 Å². The minimum atomic E-state index is -0.548. The number of carbonyl (C=O) groups is 2. The van der Waals surface area contributed by atoms with Gasteiger partial charge in [-0.05, 0) is 42.7 Å². The largest absolute Gasteiger partial charge is 0.469 e. The van der Waals surface area contributed by atoms with Crippen molar-refractivity contribution >= 4 is 11.9 Å². The Bertz CT molecular complexity index is 831. The average molecular weight is 400 g/mol. The van der Waals surface area contributed by atoms with E-state index < -0.39 is 17.7 Å². The molecule has 0 heterocycles. The van der Waals surface area contributed by atoms with Crippen molar-refractivity contribution < 1.29 is 23.5 Å². The zero-order chi connectivity index (χ0) is 21.2. The molecule has 0 saturated carbocycles. The number of benzene rings is 2. The summed E-state index contributed by atoms with van der Waals surface area (Å²) < 4.78 is 24.8. The number of hydrogen-bond acceptors (Lipinski definition) is 4. The third-order valence-corrected chi connectivity index (χ3v) is 4.91. The van der Waals surface area contributed by atoms with E-state index in [4.69, 9.17) is 9.47 Å². The maximum Gasteiger partial charge on any atom is 0.312 e. The molecule has 2 rings (SSSR count). The van der Waals surface area contributed by atoms with Gasteiger partial charge in [0.1, 0.15) is 11.6 Å². The minimum Gasteiger partial charge on any atom is -0.469 e. The first-order valence-corrected chi connectivity index (χ1v) is 10.1. The van der Waals surface area contributed by atoms with Gasteiger partial charge in [0.25, 0.3) is 0 Å². The number of hydrogen-bond donors (Lipinski definition) is 0. The summed E-state index contributed by atoms with van der Waals surface area (Å²) in [5.41, 5.74) is 1.53. The summed E-state index contributed by atoms with van der Waals surface area (Å²) in [5.74, 6) is -1.29. The van der Waals surface area contributed by atoms with E-state index in [9.17, 15) is 14.0 Å². The van der Waals surface area contributed by atoms with E-state index >= 15 is 0 Å². The molecule has 1 atom stereocenters. The van der Waals surface area contributed by atoms with Crippen LogP contribution < -0.4 is 4.74 Å². The van der Waals surface area contributed by atoms with Crippen molar-refractivity contribution in [3.05, 3.63) is 53.8 Å². The van der Waals surface area contributed by atoms with Crippen LogP contribution in [0.15, 0.2) is 42.5 Å². The highest BCUT2D eigenvalue weighted by atomic mass is 19.1. The SMILES string of the molecule is CCCCCCCC(=O)Oc1cccc(-c2ccc(C(C)C(=O)OC)cc2F)c1. The normalized spacial score (nSPS) is 11.7. The van der Waals surface area contributed by atoms with Crippen LogP contribution in [-0.4, -0.2) is 19.0 Å². The van der Waals surface area contributed by atoms with Crippen molar-refractivity contribution in [2.75, 3.05) is 7.11 Å². The lowest BCUT2D eigenvalue weighted by molar-refractivity contribution is -0.142. The molecule has 0 amide bonds. The standard InChI is InChI=1S/C24H29FO4/c1-4-5-6-7-8-12-23(26)29-20-11-9-10-19(15-20)21-14-13-18(16-22(21)25)17(2)24(27)28-3/h9-11,13-17H,4-8,12H2,1-3H3. The zero-order valence-electron chi connectivity index (χ0n) is 17.4. The van der Waals surface area contributed by atoms with Crippen molar-refractivity contribution in [2.24, 2.45) is 0 Å². The monoisotopic (exact) mass is 400 g/mol. The Morgan fingerprint density at radius 3 is 2.48 bits per heavy atom. The van der Waals surface area contributed by atoms with E-state index in [1.807, 2.05) is 0 Å². The molecule has 0 saturated heterocycles. The maximum atomic E-state index is 14.7.